The molecule has 0 radical (unpaired) electrons. The van der Waals surface area contributed by atoms with Crippen LogP contribution in [0.4, 0.5) is 0 Å². The summed E-state index contributed by atoms with van der Waals surface area (Å²) < 4.78 is 0. The van der Waals surface area contributed by atoms with Gasteiger partial charge in [-0.1, -0.05) is 206 Å². The quantitative estimate of drug-likeness (QED) is 0.152. The molecule has 8 aromatic carbocycles. The van der Waals surface area contributed by atoms with Gasteiger partial charge in [0.1, 0.15) is 6.04 Å². The lowest BCUT2D eigenvalue weighted by molar-refractivity contribution is 0.519. The topological polar surface area (TPSA) is 24.4 Å². The Balaban J connectivity index is 0.000000162. The third-order valence-electron chi connectivity index (χ3n) is 9.71. The summed E-state index contributed by atoms with van der Waals surface area (Å²) in [6.45, 7) is 4.36. The van der Waals surface area contributed by atoms with E-state index in [1.54, 1.807) is 0 Å². The fraction of sp³-hybridized carbons (Fsp3) is 0.100. The molecule has 8 rings (SSSR count). The molecule has 2 heteroatoms. The average Bonchev–Trinajstić information content (AvgIpc) is 3.23. The van der Waals surface area contributed by atoms with Gasteiger partial charge in [-0.15, -0.1) is 0 Å². The van der Waals surface area contributed by atoms with Crippen LogP contribution in [0.1, 0.15) is 65.4 Å². The summed E-state index contributed by atoms with van der Waals surface area (Å²) in [6, 6.07) is 72.8. The summed E-state index contributed by atoms with van der Waals surface area (Å²) in [5, 5.41) is 8.95. The first-order valence-corrected chi connectivity index (χ1v) is 18.1. The molecule has 0 aliphatic carbocycles. The summed E-state index contributed by atoms with van der Waals surface area (Å²) in [6.07, 6.45) is 0. The molecule has 0 saturated heterocycles. The Kier molecular flexibility index (Phi) is 11.1. The Labute approximate surface area is 308 Å². The third kappa shape index (κ3) is 8.10. The van der Waals surface area contributed by atoms with Crippen molar-refractivity contribution in [3.63, 3.8) is 0 Å². The van der Waals surface area contributed by atoms with Crippen LogP contribution in [0.2, 0.25) is 0 Å². The highest BCUT2D eigenvalue weighted by Gasteiger charge is 2.18. The van der Waals surface area contributed by atoms with E-state index in [9.17, 15) is 0 Å². The van der Waals surface area contributed by atoms with E-state index < -0.39 is 0 Å². The van der Waals surface area contributed by atoms with E-state index in [1.807, 2.05) is 12.1 Å². The molecular weight excluding hydrogens is 629 g/mol. The van der Waals surface area contributed by atoms with E-state index in [4.69, 9.17) is 4.99 Å². The molecule has 0 fully saturated rings. The van der Waals surface area contributed by atoms with Gasteiger partial charge >= 0.3 is 0 Å². The summed E-state index contributed by atoms with van der Waals surface area (Å²) in [5.41, 5.74) is 8.56. The summed E-state index contributed by atoms with van der Waals surface area (Å²) in [4.78, 5) is 5.15. The highest BCUT2D eigenvalue weighted by molar-refractivity contribution is 6.09. The fourth-order valence-electron chi connectivity index (χ4n) is 7.06. The number of benzene rings is 8. The number of rotatable bonds is 9. The van der Waals surface area contributed by atoms with Crippen molar-refractivity contribution in [2.75, 3.05) is 0 Å². The number of hydrogen-bond donors (Lipinski definition) is 1. The Morgan fingerprint density at radius 2 is 0.827 bits per heavy atom. The molecule has 0 saturated carbocycles. The maximum Gasteiger partial charge on any atom is 0.100 e. The Bertz CT molecular complexity index is 2260. The van der Waals surface area contributed by atoms with Crippen molar-refractivity contribution in [2.24, 2.45) is 4.99 Å². The fourth-order valence-corrected chi connectivity index (χ4v) is 7.06. The van der Waals surface area contributed by atoms with Crippen LogP contribution in [0.15, 0.2) is 211 Å². The van der Waals surface area contributed by atoms with Crippen LogP contribution >= 0.6 is 0 Å². The molecule has 0 amide bonds. The predicted octanol–water partition coefficient (Wildman–Crippen LogP) is 12.7. The van der Waals surface area contributed by atoms with Gasteiger partial charge in [-0.25, -0.2) is 0 Å². The van der Waals surface area contributed by atoms with Gasteiger partial charge in [0.15, 0.2) is 0 Å². The lowest BCUT2D eigenvalue weighted by atomic mass is 9.95. The second-order valence-electron chi connectivity index (χ2n) is 13.2. The zero-order valence-corrected chi connectivity index (χ0v) is 29.8. The molecular formula is C50H44N2. The summed E-state index contributed by atoms with van der Waals surface area (Å²) in [7, 11) is 0. The lowest BCUT2D eigenvalue weighted by Gasteiger charge is -2.25. The minimum atomic E-state index is -0.00336. The van der Waals surface area contributed by atoms with Crippen LogP contribution in [0.3, 0.4) is 0 Å². The predicted molar refractivity (Wildman–Crippen MR) is 221 cm³/mol. The highest BCUT2D eigenvalue weighted by Crippen LogP contribution is 2.30. The van der Waals surface area contributed by atoms with Gasteiger partial charge in [-0.3, -0.25) is 10.3 Å². The third-order valence-corrected chi connectivity index (χ3v) is 9.71. The minimum Gasteiger partial charge on any atom is -0.300 e. The van der Waals surface area contributed by atoms with E-state index in [2.05, 4.69) is 213 Å². The molecule has 0 heterocycles. The van der Waals surface area contributed by atoms with Crippen LogP contribution in [-0.4, -0.2) is 5.71 Å². The second kappa shape index (κ2) is 16.7. The van der Waals surface area contributed by atoms with Crippen LogP contribution in [0, 0.1) is 0 Å². The number of nitrogens with one attached hydrogen (secondary N) is 1. The monoisotopic (exact) mass is 672 g/mol. The van der Waals surface area contributed by atoms with Crippen LogP contribution in [0.25, 0.3) is 21.5 Å². The highest BCUT2D eigenvalue weighted by atomic mass is 14.9. The SMILES string of the molecule is CC(=NC(c1ccccc1)c1ccccc1)c1cccc2ccccc12.C[C@@H](NC(c1ccccc1)c1ccccc1)c1cccc2ccccc12. The van der Waals surface area contributed by atoms with E-state index in [-0.39, 0.29) is 18.1 Å². The molecule has 0 bridgehead atoms. The number of hydrogen-bond acceptors (Lipinski definition) is 2. The van der Waals surface area contributed by atoms with Gasteiger partial charge < -0.3 is 0 Å². The first-order valence-electron chi connectivity index (χ1n) is 18.1. The van der Waals surface area contributed by atoms with Crippen LogP contribution in [-0.2, 0) is 0 Å². The molecule has 1 atom stereocenters. The van der Waals surface area contributed by atoms with Crippen molar-refractivity contribution in [1.29, 1.82) is 0 Å². The first kappa shape index (κ1) is 34.4. The van der Waals surface area contributed by atoms with E-state index in [0.717, 1.165) is 5.71 Å². The largest absolute Gasteiger partial charge is 0.300 e. The van der Waals surface area contributed by atoms with Crippen LogP contribution in [0.5, 0.6) is 0 Å². The van der Waals surface area contributed by atoms with E-state index >= 15 is 0 Å². The molecule has 0 aromatic heterocycles. The van der Waals surface area contributed by atoms with Gasteiger partial charge in [0.05, 0.1) is 6.04 Å². The van der Waals surface area contributed by atoms with Crippen molar-refractivity contribution in [3.8, 4) is 0 Å². The van der Waals surface area contributed by atoms with Gasteiger partial charge in [0.25, 0.3) is 0 Å². The molecule has 254 valence electrons. The molecule has 0 spiro atoms. The van der Waals surface area contributed by atoms with Crippen molar-refractivity contribution >= 4 is 27.3 Å². The second-order valence-corrected chi connectivity index (χ2v) is 13.2. The Hall–Kier alpha value is -6.09. The van der Waals surface area contributed by atoms with Crippen LogP contribution < -0.4 is 5.32 Å². The minimum absolute atomic E-state index is 0.00336. The maximum absolute atomic E-state index is 5.15. The van der Waals surface area contributed by atoms with Gasteiger partial charge in [0, 0.05) is 17.3 Å². The Morgan fingerprint density at radius 3 is 1.37 bits per heavy atom. The molecule has 2 nitrogen and oxygen atoms in total. The van der Waals surface area contributed by atoms with Gasteiger partial charge in [0.2, 0.25) is 0 Å². The number of nitrogens with zero attached hydrogens (tertiary/aromatic N) is 1. The molecule has 52 heavy (non-hydrogen) atoms. The zero-order chi connectivity index (χ0) is 35.5. The van der Waals surface area contributed by atoms with Crippen molar-refractivity contribution in [2.45, 2.75) is 32.0 Å². The Morgan fingerprint density at radius 1 is 0.423 bits per heavy atom. The molecule has 0 unspecified atom stereocenters. The standard InChI is InChI=1S/C25H23N.C25H21N/c2*1-19(23-18-10-16-20-11-8-9-17-24(20)23)26-25(21-12-4-2-5-13-21)22-14-6-3-7-15-22/h2-19,25-26H,1H3;2-18,25H,1H3/t19-;/m1./s1. The normalized spacial score (nSPS) is 12.1. The van der Waals surface area contributed by atoms with Crippen molar-refractivity contribution in [1.82, 2.24) is 5.32 Å². The maximum atomic E-state index is 5.15. The molecule has 0 aliphatic heterocycles. The summed E-state index contributed by atoms with van der Waals surface area (Å²) in [5.74, 6) is 0. The molecule has 0 aliphatic rings. The average molecular weight is 673 g/mol. The zero-order valence-electron chi connectivity index (χ0n) is 29.8. The van der Waals surface area contributed by atoms with E-state index in [1.165, 1.54) is 54.9 Å². The summed E-state index contributed by atoms with van der Waals surface area (Å²) >= 11 is 0. The number of fused-ring (bicyclic) bond motifs is 2. The van der Waals surface area contributed by atoms with Crippen molar-refractivity contribution < 1.29 is 0 Å². The van der Waals surface area contributed by atoms with Crippen molar-refractivity contribution in [3.05, 3.63) is 240 Å². The van der Waals surface area contributed by atoms with Gasteiger partial charge in [-0.05, 0) is 63.2 Å². The van der Waals surface area contributed by atoms with E-state index in [0.29, 0.717) is 0 Å². The molecule has 8 aromatic rings. The van der Waals surface area contributed by atoms with Gasteiger partial charge in [-0.2, -0.15) is 0 Å². The molecule has 1 N–H and O–H groups in total. The first-order chi connectivity index (χ1) is 25.7. The lowest BCUT2D eigenvalue weighted by Crippen LogP contribution is -2.25. The smallest absolute Gasteiger partial charge is 0.100 e. The number of aliphatic imine (C=N–C) groups is 1.